The minimum Gasteiger partial charge on any atom is -0.356 e. The van der Waals surface area contributed by atoms with Gasteiger partial charge in [0.1, 0.15) is 11.6 Å². The van der Waals surface area contributed by atoms with Gasteiger partial charge in [0.2, 0.25) is 0 Å². The maximum Gasteiger partial charge on any atom is 0.347 e. The highest BCUT2D eigenvalue weighted by Gasteiger charge is 2.23. The van der Waals surface area contributed by atoms with Crippen molar-refractivity contribution in [3.05, 3.63) is 48.5 Å². The molecule has 0 fully saturated rings. The summed E-state index contributed by atoms with van der Waals surface area (Å²) in [6.45, 7) is 1.43. The monoisotopic (exact) mass is 278 g/mol. The smallest absolute Gasteiger partial charge is 0.347 e. The van der Waals surface area contributed by atoms with Crippen molar-refractivity contribution in [3.8, 4) is 11.3 Å². The Bertz CT molecular complexity index is 598. The van der Waals surface area contributed by atoms with Crippen LogP contribution in [0.4, 0.5) is 5.82 Å². The summed E-state index contributed by atoms with van der Waals surface area (Å²) in [5, 5.41) is 2.72. The van der Waals surface area contributed by atoms with Crippen molar-refractivity contribution in [1.29, 1.82) is 0 Å². The van der Waals surface area contributed by atoms with E-state index in [-0.39, 0.29) is 0 Å². The molecule has 0 saturated carbocycles. The third-order valence-electron chi connectivity index (χ3n) is 2.68. The predicted molar refractivity (Wildman–Crippen MR) is 74.8 cm³/mol. The molecule has 19 heavy (non-hydrogen) atoms. The first-order valence-electron chi connectivity index (χ1n) is 5.81. The maximum absolute atomic E-state index is 11.1. The van der Waals surface area contributed by atoms with E-state index in [2.05, 4.69) is 10.3 Å². The van der Waals surface area contributed by atoms with Gasteiger partial charge in [0.25, 0.3) is 0 Å². The number of nitrogens with one attached hydrogen (secondary N) is 1. The molecule has 0 aliphatic rings. The van der Waals surface area contributed by atoms with Gasteiger partial charge in [0, 0.05) is 5.56 Å². The first kappa shape index (κ1) is 13.7. The van der Waals surface area contributed by atoms with Gasteiger partial charge < -0.3 is 15.1 Å². The van der Waals surface area contributed by atoms with Gasteiger partial charge in [-0.2, -0.15) is 0 Å². The molecule has 3 N–H and O–H groups in total. The summed E-state index contributed by atoms with van der Waals surface area (Å²) < 4.78 is 11.1. The summed E-state index contributed by atoms with van der Waals surface area (Å²) in [6, 6.07) is 14.9. The number of anilines is 1. The highest BCUT2D eigenvalue weighted by atomic mass is 31.2. The van der Waals surface area contributed by atoms with Crippen LogP contribution in [0.5, 0.6) is 0 Å². The van der Waals surface area contributed by atoms with Crippen LogP contribution in [-0.2, 0) is 4.57 Å². The Labute approximate surface area is 111 Å². The summed E-state index contributed by atoms with van der Waals surface area (Å²) in [4.78, 5) is 22.5. The minimum absolute atomic E-state index is 0.442. The molecule has 0 bridgehead atoms. The zero-order valence-electron chi connectivity index (χ0n) is 10.4. The molecule has 1 unspecified atom stereocenters. The lowest BCUT2D eigenvalue weighted by Crippen LogP contribution is -2.16. The summed E-state index contributed by atoms with van der Waals surface area (Å²) in [5.41, 5.74) is 1.71. The summed E-state index contributed by atoms with van der Waals surface area (Å²) in [6.07, 6.45) is 0. The molecular formula is C13H15N2O3P. The van der Waals surface area contributed by atoms with Gasteiger partial charge in [-0.25, -0.2) is 4.98 Å². The highest BCUT2D eigenvalue weighted by Crippen LogP contribution is 2.40. The number of hydrogen-bond donors (Lipinski definition) is 3. The molecule has 1 atom stereocenters. The second-order valence-electron chi connectivity index (χ2n) is 4.18. The van der Waals surface area contributed by atoms with Gasteiger partial charge in [0.15, 0.2) is 0 Å². The lowest BCUT2D eigenvalue weighted by atomic mass is 10.1. The van der Waals surface area contributed by atoms with E-state index in [9.17, 15) is 4.57 Å². The van der Waals surface area contributed by atoms with Crippen molar-refractivity contribution in [3.63, 3.8) is 0 Å². The van der Waals surface area contributed by atoms with Crippen molar-refractivity contribution in [2.45, 2.75) is 12.7 Å². The molecule has 0 saturated heterocycles. The Morgan fingerprint density at radius 3 is 2.42 bits per heavy atom. The number of aromatic nitrogens is 1. The Kier molecular flexibility index (Phi) is 4.00. The van der Waals surface area contributed by atoms with Gasteiger partial charge in [-0.1, -0.05) is 36.4 Å². The first-order valence-corrected chi connectivity index (χ1v) is 7.49. The number of hydrogen-bond acceptors (Lipinski definition) is 3. The van der Waals surface area contributed by atoms with E-state index in [0.29, 0.717) is 5.82 Å². The lowest BCUT2D eigenvalue weighted by Gasteiger charge is -2.16. The summed E-state index contributed by atoms with van der Waals surface area (Å²) in [7, 11) is -4.16. The van der Waals surface area contributed by atoms with E-state index < -0.39 is 13.4 Å². The van der Waals surface area contributed by atoms with Gasteiger partial charge in [-0.3, -0.25) is 4.57 Å². The average molecular weight is 278 g/mol. The van der Waals surface area contributed by atoms with E-state index in [4.69, 9.17) is 9.79 Å². The minimum atomic E-state index is -4.16. The third-order valence-corrected chi connectivity index (χ3v) is 3.82. The van der Waals surface area contributed by atoms with Crippen LogP contribution in [0.3, 0.4) is 0 Å². The maximum atomic E-state index is 11.1. The van der Waals surface area contributed by atoms with Gasteiger partial charge in [-0.05, 0) is 19.1 Å². The third kappa shape index (κ3) is 3.64. The fourth-order valence-electron chi connectivity index (χ4n) is 1.58. The number of pyridine rings is 1. The zero-order valence-corrected chi connectivity index (χ0v) is 11.3. The van der Waals surface area contributed by atoms with E-state index in [1.165, 1.54) is 6.92 Å². The molecule has 0 aliphatic carbocycles. The summed E-state index contributed by atoms with van der Waals surface area (Å²) >= 11 is 0. The molecule has 2 rings (SSSR count). The van der Waals surface area contributed by atoms with Crippen molar-refractivity contribution < 1.29 is 14.4 Å². The molecule has 100 valence electrons. The second-order valence-corrected chi connectivity index (χ2v) is 6.14. The zero-order chi connectivity index (χ0) is 13.9. The Morgan fingerprint density at radius 1 is 1.11 bits per heavy atom. The van der Waals surface area contributed by atoms with Crippen LogP contribution in [-0.4, -0.2) is 20.6 Å². The molecule has 0 aliphatic heterocycles. The molecule has 0 spiro atoms. The van der Waals surface area contributed by atoms with E-state index in [1.807, 2.05) is 36.4 Å². The van der Waals surface area contributed by atoms with E-state index in [1.54, 1.807) is 12.1 Å². The fourth-order valence-corrected chi connectivity index (χ4v) is 1.88. The molecule has 0 amide bonds. The lowest BCUT2D eigenvalue weighted by molar-refractivity contribution is 0.364. The van der Waals surface area contributed by atoms with Crippen LogP contribution < -0.4 is 5.32 Å². The summed E-state index contributed by atoms with van der Waals surface area (Å²) in [5.74, 6) is -0.525. The average Bonchev–Trinajstić information content (AvgIpc) is 2.39. The van der Waals surface area contributed by atoms with Crippen molar-refractivity contribution in [2.75, 3.05) is 5.32 Å². The standard InChI is InChI=1S/C13H15N2O3P/c1-10(19(16,17)18)14-13-9-5-8-12(15-13)11-6-3-2-4-7-11/h2-10H,1H3,(H,14,15)(H2,16,17,18). The van der Waals surface area contributed by atoms with Crippen molar-refractivity contribution in [2.24, 2.45) is 0 Å². The normalized spacial score (nSPS) is 13.0. The molecule has 0 radical (unpaired) electrons. The molecule has 6 heteroatoms. The van der Waals surface area contributed by atoms with Crippen LogP contribution in [0, 0.1) is 0 Å². The molecule has 5 nitrogen and oxygen atoms in total. The number of benzene rings is 1. The number of nitrogens with zero attached hydrogens (tertiary/aromatic N) is 1. The molecule has 2 aromatic rings. The SMILES string of the molecule is CC(Nc1cccc(-c2ccccc2)n1)P(=O)(O)O. The van der Waals surface area contributed by atoms with Crippen LogP contribution in [0.15, 0.2) is 48.5 Å². The van der Waals surface area contributed by atoms with Crippen molar-refractivity contribution in [1.82, 2.24) is 4.98 Å². The molecule has 1 aromatic carbocycles. The van der Waals surface area contributed by atoms with Crippen molar-refractivity contribution >= 4 is 13.4 Å². The molecular weight excluding hydrogens is 263 g/mol. The molecule has 1 aromatic heterocycles. The topological polar surface area (TPSA) is 82.5 Å². The largest absolute Gasteiger partial charge is 0.356 e. The molecule has 1 heterocycles. The Hall–Kier alpha value is -1.68. The number of rotatable bonds is 4. The van der Waals surface area contributed by atoms with Gasteiger partial charge >= 0.3 is 7.60 Å². The van der Waals surface area contributed by atoms with Gasteiger partial charge in [0.05, 0.1) is 5.69 Å². The van der Waals surface area contributed by atoms with Crippen LogP contribution in [0.1, 0.15) is 6.92 Å². The Morgan fingerprint density at radius 2 is 1.79 bits per heavy atom. The highest BCUT2D eigenvalue weighted by molar-refractivity contribution is 7.52. The predicted octanol–water partition coefficient (Wildman–Crippen LogP) is 2.68. The Balaban J connectivity index is 2.23. The fraction of sp³-hybridized carbons (Fsp3) is 0.154. The quantitative estimate of drug-likeness (QED) is 0.749. The van der Waals surface area contributed by atoms with Crippen LogP contribution >= 0.6 is 7.60 Å². The second kappa shape index (κ2) is 5.53. The van der Waals surface area contributed by atoms with Gasteiger partial charge in [-0.15, -0.1) is 0 Å². The first-order chi connectivity index (χ1) is 8.97. The van der Waals surface area contributed by atoms with Crippen LogP contribution in [0.2, 0.25) is 0 Å². The van der Waals surface area contributed by atoms with E-state index >= 15 is 0 Å². The van der Waals surface area contributed by atoms with E-state index in [0.717, 1.165) is 11.3 Å². The van der Waals surface area contributed by atoms with Crippen LogP contribution in [0.25, 0.3) is 11.3 Å².